The van der Waals surface area contributed by atoms with Gasteiger partial charge in [0.2, 0.25) is 10.0 Å². The minimum absolute atomic E-state index is 0.0866. The molecule has 1 aromatic rings. The van der Waals surface area contributed by atoms with Crippen LogP contribution in [0.5, 0.6) is 0 Å². The lowest BCUT2D eigenvalue weighted by Crippen LogP contribution is -2.35. The normalized spacial score (nSPS) is 17.3. The van der Waals surface area contributed by atoms with Crippen LogP contribution in [0.3, 0.4) is 0 Å². The van der Waals surface area contributed by atoms with Gasteiger partial charge in [-0.25, -0.2) is 8.42 Å². The third kappa shape index (κ3) is 5.67. The first-order valence-electron chi connectivity index (χ1n) is 7.83. The highest BCUT2D eigenvalue weighted by Crippen LogP contribution is 2.18. The topological polar surface area (TPSA) is 75.3 Å². The molecule has 1 aliphatic carbocycles. The number of hydrogen-bond donors (Lipinski definition) is 2. The second-order valence-electron chi connectivity index (χ2n) is 5.97. The molecule has 0 bridgehead atoms. The minimum atomic E-state index is -3.29. The van der Waals surface area contributed by atoms with Gasteiger partial charge in [-0.15, -0.1) is 0 Å². The molecular weight excluding hydrogens is 300 g/mol. The Morgan fingerprint density at radius 1 is 1.00 bits per heavy atom. The van der Waals surface area contributed by atoms with Crippen LogP contribution >= 0.6 is 0 Å². The average Bonchev–Trinajstić information content (AvgIpc) is 2.40. The van der Waals surface area contributed by atoms with Crippen LogP contribution in [0.2, 0.25) is 0 Å². The van der Waals surface area contributed by atoms with E-state index in [4.69, 9.17) is 0 Å². The van der Waals surface area contributed by atoms with E-state index in [1.165, 1.54) is 32.1 Å². The molecule has 22 heavy (non-hydrogen) atoms. The third-order valence-electron chi connectivity index (χ3n) is 3.89. The van der Waals surface area contributed by atoms with Gasteiger partial charge >= 0.3 is 0 Å². The van der Waals surface area contributed by atoms with E-state index >= 15 is 0 Å². The molecule has 0 radical (unpaired) electrons. The van der Waals surface area contributed by atoms with E-state index < -0.39 is 10.0 Å². The van der Waals surface area contributed by atoms with Crippen LogP contribution in [0.1, 0.15) is 55.3 Å². The number of nitrogens with one attached hydrogen (secondary N) is 2. The second kappa shape index (κ2) is 7.63. The Morgan fingerprint density at radius 3 is 2.09 bits per heavy atom. The summed E-state index contributed by atoms with van der Waals surface area (Å²) in [6.45, 7) is 0. The summed E-state index contributed by atoms with van der Waals surface area (Å²) in [7, 11) is -3.29. The van der Waals surface area contributed by atoms with E-state index in [9.17, 15) is 13.2 Å². The van der Waals surface area contributed by atoms with Crippen molar-refractivity contribution in [3.05, 3.63) is 29.8 Å². The van der Waals surface area contributed by atoms with Gasteiger partial charge in [0.15, 0.2) is 0 Å². The Balaban J connectivity index is 1.94. The fourth-order valence-corrected chi connectivity index (χ4v) is 3.34. The van der Waals surface area contributed by atoms with E-state index in [2.05, 4.69) is 10.0 Å². The second-order valence-corrected chi connectivity index (χ2v) is 7.72. The van der Waals surface area contributed by atoms with Crippen molar-refractivity contribution in [2.24, 2.45) is 0 Å². The fraction of sp³-hybridized carbons (Fsp3) is 0.562. The summed E-state index contributed by atoms with van der Waals surface area (Å²) in [6.07, 6.45) is 9.32. The standard InChI is InChI=1S/C16H24N2O3S/c1-22(20,21)18-15-11-9-13(10-12-15)16(19)17-14-7-5-3-2-4-6-8-14/h9-12,14,18H,2-8H2,1H3,(H,17,19). The maximum atomic E-state index is 12.3. The molecule has 2 rings (SSSR count). The Bertz CT molecular complexity index is 588. The fourth-order valence-electron chi connectivity index (χ4n) is 2.77. The molecule has 1 fully saturated rings. The highest BCUT2D eigenvalue weighted by molar-refractivity contribution is 7.92. The molecule has 0 heterocycles. The van der Waals surface area contributed by atoms with Crippen molar-refractivity contribution in [1.82, 2.24) is 5.32 Å². The quantitative estimate of drug-likeness (QED) is 0.894. The first kappa shape index (κ1) is 16.8. The lowest BCUT2D eigenvalue weighted by molar-refractivity contribution is 0.0930. The van der Waals surface area contributed by atoms with E-state index in [0.29, 0.717) is 11.3 Å². The van der Waals surface area contributed by atoms with Crippen molar-refractivity contribution in [2.45, 2.75) is 51.0 Å². The molecular formula is C16H24N2O3S. The molecule has 1 amide bonds. The lowest BCUT2D eigenvalue weighted by Gasteiger charge is -2.21. The van der Waals surface area contributed by atoms with Crippen molar-refractivity contribution in [3.8, 4) is 0 Å². The summed E-state index contributed by atoms with van der Waals surface area (Å²) in [5, 5.41) is 3.09. The third-order valence-corrected chi connectivity index (χ3v) is 4.50. The zero-order chi connectivity index (χ0) is 16.0. The first-order valence-corrected chi connectivity index (χ1v) is 9.72. The molecule has 1 aliphatic rings. The summed E-state index contributed by atoms with van der Waals surface area (Å²) in [5.41, 5.74) is 1.02. The van der Waals surface area contributed by atoms with Crippen molar-refractivity contribution in [1.29, 1.82) is 0 Å². The van der Waals surface area contributed by atoms with Crippen molar-refractivity contribution >= 4 is 21.6 Å². The Kier molecular flexibility index (Phi) is 5.83. The average molecular weight is 324 g/mol. The van der Waals surface area contributed by atoms with E-state index in [0.717, 1.165) is 19.1 Å². The van der Waals surface area contributed by atoms with Crippen molar-refractivity contribution in [2.75, 3.05) is 11.0 Å². The number of amides is 1. The number of benzene rings is 1. The van der Waals surface area contributed by atoms with Crippen LogP contribution in [0.4, 0.5) is 5.69 Å². The highest BCUT2D eigenvalue weighted by Gasteiger charge is 2.15. The highest BCUT2D eigenvalue weighted by atomic mass is 32.2. The Morgan fingerprint density at radius 2 is 1.55 bits per heavy atom. The molecule has 0 atom stereocenters. The summed E-state index contributed by atoms with van der Waals surface area (Å²) in [5.74, 6) is -0.0866. The molecule has 122 valence electrons. The maximum absolute atomic E-state index is 12.3. The molecule has 1 saturated carbocycles. The molecule has 5 nitrogen and oxygen atoms in total. The van der Waals surface area contributed by atoms with E-state index in [1.54, 1.807) is 24.3 Å². The van der Waals surface area contributed by atoms with E-state index in [-0.39, 0.29) is 11.9 Å². The summed E-state index contributed by atoms with van der Waals surface area (Å²) < 4.78 is 24.7. The lowest BCUT2D eigenvalue weighted by atomic mass is 9.96. The smallest absolute Gasteiger partial charge is 0.251 e. The monoisotopic (exact) mass is 324 g/mol. The van der Waals surface area contributed by atoms with Gasteiger partial charge in [-0.2, -0.15) is 0 Å². The summed E-state index contributed by atoms with van der Waals surface area (Å²) in [4.78, 5) is 12.3. The van der Waals surface area contributed by atoms with Crippen molar-refractivity contribution < 1.29 is 13.2 Å². The Labute approximate surface area is 132 Å². The van der Waals surface area contributed by atoms with Gasteiger partial charge in [0.1, 0.15) is 0 Å². The van der Waals surface area contributed by atoms with Gasteiger partial charge in [-0.1, -0.05) is 32.1 Å². The number of carbonyl (C=O) groups is 1. The molecule has 0 spiro atoms. The number of anilines is 1. The largest absolute Gasteiger partial charge is 0.349 e. The van der Waals surface area contributed by atoms with Gasteiger partial charge in [0, 0.05) is 17.3 Å². The molecule has 6 heteroatoms. The molecule has 0 aliphatic heterocycles. The summed E-state index contributed by atoms with van der Waals surface area (Å²) in [6, 6.07) is 6.75. The van der Waals surface area contributed by atoms with Gasteiger partial charge in [-0.05, 0) is 37.1 Å². The number of hydrogen-bond acceptors (Lipinski definition) is 3. The van der Waals surface area contributed by atoms with Crippen LogP contribution in [-0.2, 0) is 10.0 Å². The summed E-state index contributed by atoms with van der Waals surface area (Å²) >= 11 is 0. The van der Waals surface area contributed by atoms with Gasteiger partial charge in [0.05, 0.1) is 6.26 Å². The zero-order valence-corrected chi connectivity index (χ0v) is 13.8. The molecule has 0 unspecified atom stereocenters. The molecule has 2 N–H and O–H groups in total. The number of sulfonamides is 1. The number of carbonyl (C=O) groups excluding carboxylic acids is 1. The van der Waals surface area contributed by atoms with Crippen LogP contribution in [0.25, 0.3) is 0 Å². The van der Waals surface area contributed by atoms with Gasteiger partial charge < -0.3 is 5.32 Å². The Hall–Kier alpha value is -1.56. The van der Waals surface area contributed by atoms with Crippen LogP contribution in [-0.4, -0.2) is 26.6 Å². The maximum Gasteiger partial charge on any atom is 0.251 e. The SMILES string of the molecule is CS(=O)(=O)Nc1ccc(C(=O)NC2CCCCCCC2)cc1. The van der Waals surface area contributed by atoms with Crippen LogP contribution in [0, 0.1) is 0 Å². The number of rotatable bonds is 4. The van der Waals surface area contributed by atoms with Crippen LogP contribution in [0.15, 0.2) is 24.3 Å². The molecule has 1 aromatic carbocycles. The minimum Gasteiger partial charge on any atom is -0.349 e. The zero-order valence-electron chi connectivity index (χ0n) is 13.0. The van der Waals surface area contributed by atoms with Gasteiger partial charge in [0.25, 0.3) is 5.91 Å². The van der Waals surface area contributed by atoms with Gasteiger partial charge in [-0.3, -0.25) is 9.52 Å². The predicted octanol–water partition coefficient (Wildman–Crippen LogP) is 2.90. The van der Waals surface area contributed by atoms with Crippen molar-refractivity contribution in [3.63, 3.8) is 0 Å². The van der Waals surface area contributed by atoms with Crippen LogP contribution < -0.4 is 10.0 Å². The predicted molar refractivity (Wildman–Crippen MR) is 88.5 cm³/mol. The first-order chi connectivity index (χ1) is 10.4. The molecule has 0 saturated heterocycles. The van der Waals surface area contributed by atoms with E-state index in [1.807, 2.05) is 0 Å². The molecule has 0 aromatic heterocycles.